The summed E-state index contributed by atoms with van der Waals surface area (Å²) in [5.41, 5.74) is 8.58. The van der Waals surface area contributed by atoms with Gasteiger partial charge in [-0.3, -0.25) is 0 Å². The fourth-order valence-electron chi connectivity index (χ4n) is 1.86. The number of aliphatic hydroxyl groups excluding tert-OH is 1. The van der Waals surface area contributed by atoms with Crippen LogP contribution < -0.4 is 5.73 Å². The van der Waals surface area contributed by atoms with Crippen LogP contribution >= 0.6 is 11.6 Å². The lowest BCUT2D eigenvalue weighted by molar-refractivity contribution is 0.265. The summed E-state index contributed by atoms with van der Waals surface area (Å²) in [6, 6.07) is 5.38. The number of nitrogens with zero attached hydrogens (tertiary/aromatic N) is 1. The summed E-state index contributed by atoms with van der Waals surface area (Å²) < 4.78 is 1.93. The van der Waals surface area contributed by atoms with Gasteiger partial charge in [-0.05, 0) is 24.6 Å². The summed E-state index contributed by atoms with van der Waals surface area (Å²) in [7, 11) is 0. The Morgan fingerprint density at radius 1 is 1.53 bits per heavy atom. The quantitative estimate of drug-likeness (QED) is 0.819. The third-order valence-electron chi connectivity index (χ3n) is 2.61. The smallest absolute Gasteiger partial charge is 0.0693 e. The van der Waals surface area contributed by atoms with Gasteiger partial charge >= 0.3 is 0 Å². The topological polar surface area (TPSA) is 50.7 Å². The van der Waals surface area contributed by atoms with Crippen molar-refractivity contribution in [2.45, 2.75) is 13.0 Å². The first-order chi connectivity index (χ1) is 7.16. The van der Waals surface area contributed by atoms with E-state index in [1.54, 1.807) is 0 Å². The molecule has 4 heteroatoms. The van der Waals surface area contributed by atoms with Crippen molar-refractivity contribution in [3.8, 4) is 0 Å². The second kappa shape index (κ2) is 3.85. The lowest BCUT2D eigenvalue weighted by Crippen LogP contribution is -2.17. The Morgan fingerprint density at radius 3 is 2.93 bits per heavy atom. The Hall–Kier alpha value is -1.03. The van der Waals surface area contributed by atoms with Gasteiger partial charge in [0, 0.05) is 11.9 Å². The molecule has 1 atom stereocenters. The lowest BCUT2D eigenvalue weighted by Gasteiger charge is -2.10. The predicted molar refractivity (Wildman–Crippen MR) is 61.2 cm³/mol. The molecule has 15 heavy (non-hydrogen) atoms. The highest BCUT2D eigenvalue weighted by atomic mass is 35.5. The van der Waals surface area contributed by atoms with E-state index in [0.717, 1.165) is 16.8 Å². The summed E-state index contributed by atoms with van der Waals surface area (Å²) in [5.74, 6) is 0. The maximum atomic E-state index is 9.10. The molecule has 0 fully saturated rings. The molecule has 0 aliphatic heterocycles. The molecule has 2 rings (SSSR count). The highest BCUT2D eigenvalue weighted by molar-refractivity contribution is 6.34. The SMILES string of the molecule is Cc1c(Cl)c2ccccn2c1C(N)CO. The first-order valence-electron chi connectivity index (χ1n) is 4.78. The molecular formula is C11H13ClN2O. The molecule has 0 aliphatic carbocycles. The predicted octanol–water partition coefficient (Wildman–Crippen LogP) is 1.89. The highest BCUT2D eigenvalue weighted by Gasteiger charge is 2.17. The number of aliphatic hydroxyl groups is 1. The molecule has 0 aliphatic rings. The minimum atomic E-state index is -0.396. The van der Waals surface area contributed by atoms with Gasteiger partial charge in [-0.2, -0.15) is 0 Å². The van der Waals surface area contributed by atoms with Crippen LogP contribution in [0.5, 0.6) is 0 Å². The minimum absolute atomic E-state index is 0.0851. The van der Waals surface area contributed by atoms with Gasteiger partial charge in [-0.1, -0.05) is 17.7 Å². The Labute approximate surface area is 93.1 Å². The standard InChI is InChI=1S/C11H13ClN2O/c1-7-10(12)9-4-2-3-5-14(9)11(7)8(13)6-15/h2-5,8,15H,6,13H2,1H3. The lowest BCUT2D eigenvalue weighted by atomic mass is 10.1. The molecule has 0 amide bonds. The fraction of sp³-hybridized carbons (Fsp3) is 0.273. The molecule has 1 unspecified atom stereocenters. The Bertz CT molecular complexity index is 493. The van der Waals surface area contributed by atoms with Crippen LogP contribution in [0, 0.1) is 6.92 Å². The van der Waals surface area contributed by atoms with Gasteiger partial charge in [-0.15, -0.1) is 0 Å². The van der Waals surface area contributed by atoms with Gasteiger partial charge in [0.2, 0.25) is 0 Å². The van der Waals surface area contributed by atoms with E-state index >= 15 is 0 Å². The summed E-state index contributed by atoms with van der Waals surface area (Å²) in [4.78, 5) is 0. The van der Waals surface area contributed by atoms with Gasteiger partial charge in [0.15, 0.2) is 0 Å². The Morgan fingerprint density at radius 2 is 2.27 bits per heavy atom. The second-order valence-electron chi connectivity index (χ2n) is 3.57. The first-order valence-corrected chi connectivity index (χ1v) is 5.16. The Balaban J connectivity index is 2.77. The van der Waals surface area contributed by atoms with E-state index in [0.29, 0.717) is 5.02 Å². The van der Waals surface area contributed by atoms with Crippen molar-refractivity contribution >= 4 is 17.1 Å². The fourth-order valence-corrected chi connectivity index (χ4v) is 2.11. The van der Waals surface area contributed by atoms with E-state index in [1.807, 2.05) is 35.7 Å². The van der Waals surface area contributed by atoms with E-state index in [1.165, 1.54) is 0 Å². The summed E-state index contributed by atoms with van der Waals surface area (Å²) in [6.45, 7) is 1.83. The van der Waals surface area contributed by atoms with Crippen molar-refractivity contribution in [1.29, 1.82) is 0 Å². The van der Waals surface area contributed by atoms with E-state index in [-0.39, 0.29) is 6.61 Å². The van der Waals surface area contributed by atoms with Crippen LogP contribution in [0.15, 0.2) is 24.4 Å². The number of nitrogens with two attached hydrogens (primary N) is 1. The zero-order chi connectivity index (χ0) is 11.0. The number of rotatable bonds is 2. The second-order valence-corrected chi connectivity index (χ2v) is 3.95. The summed E-state index contributed by atoms with van der Waals surface area (Å²) in [6.07, 6.45) is 1.90. The number of halogens is 1. The maximum Gasteiger partial charge on any atom is 0.0693 e. The van der Waals surface area contributed by atoms with Crippen molar-refractivity contribution in [3.63, 3.8) is 0 Å². The van der Waals surface area contributed by atoms with Crippen molar-refractivity contribution in [3.05, 3.63) is 40.7 Å². The van der Waals surface area contributed by atoms with Crippen molar-refractivity contribution < 1.29 is 5.11 Å². The third kappa shape index (κ3) is 1.53. The van der Waals surface area contributed by atoms with Crippen molar-refractivity contribution in [2.75, 3.05) is 6.61 Å². The van der Waals surface area contributed by atoms with E-state index in [2.05, 4.69) is 0 Å². The normalized spacial score (nSPS) is 13.3. The van der Waals surface area contributed by atoms with Crippen LogP contribution in [0.4, 0.5) is 0 Å². The molecule has 0 aromatic carbocycles. The van der Waals surface area contributed by atoms with Gasteiger partial charge in [0.05, 0.1) is 23.2 Å². The maximum absolute atomic E-state index is 9.10. The van der Waals surface area contributed by atoms with Crippen LogP contribution in [0.1, 0.15) is 17.3 Å². The number of hydrogen-bond acceptors (Lipinski definition) is 2. The average Bonchev–Trinajstić information content (AvgIpc) is 2.52. The number of pyridine rings is 1. The van der Waals surface area contributed by atoms with Crippen LogP contribution in [-0.4, -0.2) is 16.1 Å². The van der Waals surface area contributed by atoms with Gasteiger partial charge in [-0.25, -0.2) is 0 Å². The average molecular weight is 225 g/mol. The zero-order valence-corrected chi connectivity index (χ0v) is 9.20. The molecule has 2 aromatic heterocycles. The largest absolute Gasteiger partial charge is 0.394 e. The molecule has 0 saturated heterocycles. The number of aromatic nitrogens is 1. The number of hydrogen-bond donors (Lipinski definition) is 2. The van der Waals surface area contributed by atoms with Crippen LogP contribution in [0.3, 0.4) is 0 Å². The molecular weight excluding hydrogens is 212 g/mol. The highest BCUT2D eigenvalue weighted by Crippen LogP contribution is 2.30. The molecule has 0 spiro atoms. The molecule has 0 bridgehead atoms. The van der Waals surface area contributed by atoms with E-state index in [9.17, 15) is 0 Å². The van der Waals surface area contributed by atoms with Gasteiger partial charge in [0.1, 0.15) is 0 Å². The molecule has 80 valence electrons. The van der Waals surface area contributed by atoms with Crippen molar-refractivity contribution in [1.82, 2.24) is 4.40 Å². The number of fused-ring (bicyclic) bond motifs is 1. The zero-order valence-electron chi connectivity index (χ0n) is 8.44. The molecule has 3 N–H and O–H groups in total. The first kappa shape index (κ1) is 10.5. The van der Waals surface area contributed by atoms with Crippen molar-refractivity contribution in [2.24, 2.45) is 5.73 Å². The van der Waals surface area contributed by atoms with Gasteiger partial charge in [0.25, 0.3) is 0 Å². The minimum Gasteiger partial charge on any atom is -0.394 e. The molecule has 0 saturated carbocycles. The Kier molecular flexibility index (Phi) is 2.69. The van der Waals surface area contributed by atoms with Crippen LogP contribution in [0.25, 0.3) is 5.52 Å². The molecule has 0 radical (unpaired) electrons. The third-order valence-corrected chi connectivity index (χ3v) is 3.08. The monoisotopic (exact) mass is 224 g/mol. The molecule has 3 nitrogen and oxygen atoms in total. The summed E-state index contributed by atoms with van der Waals surface area (Å²) in [5, 5.41) is 9.80. The molecule has 2 heterocycles. The van der Waals surface area contributed by atoms with Gasteiger partial charge < -0.3 is 15.2 Å². The van der Waals surface area contributed by atoms with E-state index in [4.69, 9.17) is 22.4 Å². The molecule has 2 aromatic rings. The van der Waals surface area contributed by atoms with Crippen LogP contribution in [0.2, 0.25) is 5.02 Å². The van der Waals surface area contributed by atoms with E-state index < -0.39 is 6.04 Å². The van der Waals surface area contributed by atoms with Crippen LogP contribution in [-0.2, 0) is 0 Å². The summed E-state index contributed by atoms with van der Waals surface area (Å²) >= 11 is 6.19.